The molecule has 82 valence electrons. The first kappa shape index (κ1) is 11.4. The molecule has 1 heterocycles. The maximum absolute atomic E-state index is 10.4. The van der Waals surface area contributed by atoms with Gasteiger partial charge in [-0.3, -0.25) is 10.1 Å². The van der Waals surface area contributed by atoms with Gasteiger partial charge in [-0.2, -0.15) is 0 Å². The minimum absolute atomic E-state index is 0.0228. The lowest BCUT2D eigenvalue weighted by molar-refractivity contribution is -0.384. The number of aliphatic hydroxyl groups is 1. The van der Waals surface area contributed by atoms with E-state index in [2.05, 4.69) is 10.3 Å². The molecular formula is C9H13N3O3. The third-order valence-corrected chi connectivity index (χ3v) is 1.85. The van der Waals surface area contributed by atoms with Gasteiger partial charge in [0.15, 0.2) is 0 Å². The number of pyridine rings is 1. The van der Waals surface area contributed by atoms with Crippen molar-refractivity contribution < 1.29 is 10.0 Å². The van der Waals surface area contributed by atoms with Gasteiger partial charge in [0.25, 0.3) is 5.69 Å². The average Bonchev–Trinajstić information content (AvgIpc) is 2.25. The van der Waals surface area contributed by atoms with Crippen LogP contribution in [0.1, 0.15) is 12.8 Å². The standard InChI is InChI=1S/C9H13N3O3/c13-6-2-1-4-10-9-7-8(12(14)15)3-5-11-9/h3,5,7,13H,1-2,4,6H2,(H,10,11). The van der Waals surface area contributed by atoms with E-state index in [0.29, 0.717) is 18.8 Å². The summed E-state index contributed by atoms with van der Waals surface area (Å²) >= 11 is 0. The Bertz CT molecular complexity index is 330. The number of unbranched alkanes of at least 4 members (excludes halogenated alkanes) is 1. The highest BCUT2D eigenvalue weighted by atomic mass is 16.6. The van der Waals surface area contributed by atoms with Crippen LogP contribution in [0.2, 0.25) is 0 Å². The van der Waals surface area contributed by atoms with Crippen molar-refractivity contribution >= 4 is 11.5 Å². The van der Waals surface area contributed by atoms with Gasteiger partial charge >= 0.3 is 0 Å². The quantitative estimate of drug-likeness (QED) is 0.419. The van der Waals surface area contributed by atoms with Gasteiger partial charge < -0.3 is 10.4 Å². The van der Waals surface area contributed by atoms with Crippen LogP contribution in [-0.4, -0.2) is 28.2 Å². The van der Waals surface area contributed by atoms with E-state index in [1.54, 1.807) is 0 Å². The van der Waals surface area contributed by atoms with Crippen molar-refractivity contribution in [3.05, 3.63) is 28.4 Å². The molecular weight excluding hydrogens is 198 g/mol. The maximum Gasteiger partial charge on any atom is 0.274 e. The van der Waals surface area contributed by atoms with E-state index < -0.39 is 4.92 Å². The lowest BCUT2D eigenvalue weighted by Gasteiger charge is -2.03. The van der Waals surface area contributed by atoms with Gasteiger partial charge in [0.05, 0.1) is 11.0 Å². The molecule has 0 aliphatic carbocycles. The molecule has 0 saturated carbocycles. The normalized spacial score (nSPS) is 9.93. The van der Waals surface area contributed by atoms with Crippen molar-refractivity contribution in [2.75, 3.05) is 18.5 Å². The second-order valence-electron chi connectivity index (χ2n) is 3.01. The van der Waals surface area contributed by atoms with Crippen molar-refractivity contribution in [2.45, 2.75) is 12.8 Å². The molecule has 0 bridgehead atoms. The van der Waals surface area contributed by atoms with E-state index in [9.17, 15) is 10.1 Å². The van der Waals surface area contributed by atoms with Gasteiger partial charge in [-0.15, -0.1) is 0 Å². The molecule has 1 aromatic heterocycles. The average molecular weight is 211 g/mol. The van der Waals surface area contributed by atoms with E-state index in [1.165, 1.54) is 18.3 Å². The molecule has 0 amide bonds. The largest absolute Gasteiger partial charge is 0.396 e. The molecule has 0 aromatic carbocycles. The summed E-state index contributed by atoms with van der Waals surface area (Å²) in [7, 11) is 0. The van der Waals surface area contributed by atoms with Crippen LogP contribution >= 0.6 is 0 Å². The van der Waals surface area contributed by atoms with Crippen molar-refractivity contribution in [3.8, 4) is 0 Å². The van der Waals surface area contributed by atoms with Gasteiger partial charge in [-0.05, 0) is 12.8 Å². The van der Waals surface area contributed by atoms with Gasteiger partial charge in [0.1, 0.15) is 5.82 Å². The molecule has 0 unspecified atom stereocenters. The fourth-order valence-corrected chi connectivity index (χ4v) is 1.08. The molecule has 0 aliphatic rings. The first-order valence-electron chi connectivity index (χ1n) is 4.69. The molecule has 0 atom stereocenters. The zero-order valence-electron chi connectivity index (χ0n) is 8.22. The smallest absolute Gasteiger partial charge is 0.274 e. The predicted molar refractivity (Wildman–Crippen MR) is 55.7 cm³/mol. The zero-order chi connectivity index (χ0) is 11.1. The van der Waals surface area contributed by atoms with E-state index >= 15 is 0 Å². The second-order valence-corrected chi connectivity index (χ2v) is 3.01. The summed E-state index contributed by atoms with van der Waals surface area (Å²) in [6.45, 7) is 0.804. The lowest BCUT2D eigenvalue weighted by Crippen LogP contribution is -2.04. The summed E-state index contributed by atoms with van der Waals surface area (Å²) in [5.74, 6) is 0.488. The molecule has 0 spiro atoms. The summed E-state index contributed by atoms with van der Waals surface area (Å²) in [6.07, 6.45) is 2.91. The molecule has 1 rings (SSSR count). The second kappa shape index (κ2) is 5.92. The van der Waals surface area contributed by atoms with Crippen LogP contribution < -0.4 is 5.32 Å². The van der Waals surface area contributed by atoms with Crippen LogP contribution in [0.25, 0.3) is 0 Å². The topological polar surface area (TPSA) is 88.3 Å². The van der Waals surface area contributed by atoms with E-state index in [1.807, 2.05) is 0 Å². The monoisotopic (exact) mass is 211 g/mol. The Morgan fingerprint density at radius 2 is 2.33 bits per heavy atom. The predicted octanol–water partition coefficient (Wildman–Crippen LogP) is 1.17. The molecule has 0 saturated heterocycles. The Labute approximate surface area is 87.1 Å². The number of rotatable bonds is 6. The van der Waals surface area contributed by atoms with E-state index in [4.69, 9.17) is 5.11 Å². The number of nitrogens with one attached hydrogen (secondary N) is 1. The van der Waals surface area contributed by atoms with Crippen LogP contribution in [0.15, 0.2) is 18.3 Å². The highest BCUT2D eigenvalue weighted by molar-refractivity contribution is 5.43. The number of nitrogens with zero attached hydrogens (tertiary/aromatic N) is 2. The third kappa shape index (κ3) is 3.90. The number of hydrogen-bond acceptors (Lipinski definition) is 5. The van der Waals surface area contributed by atoms with E-state index in [-0.39, 0.29) is 12.3 Å². The zero-order valence-corrected chi connectivity index (χ0v) is 8.22. The first-order chi connectivity index (χ1) is 7.24. The number of hydrogen-bond donors (Lipinski definition) is 2. The molecule has 0 fully saturated rings. The minimum Gasteiger partial charge on any atom is -0.396 e. The first-order valence-corrected chi connectivity index (χ1v) is 4.69. The van der Waals surface area contributed by atoms with Crippen molar-refractivity contribution in [1.29, 1.82) is 0 Å². The van der Waals surface area contributed by atoms with Gasteiger partial charge in [0.2, 0.25) is 0 Å². The number of aliphatic hydroxyl groups excluding tert-OH is 1. The summed E-state index contributed by atoms with van der Waals surface area (Å²) in [6, 6.07) is 2.73. The summed E-state index contributed by atoms with van der Waals surface area (Å²) in [5, 5.41) is 21.9. The molecule has 6 nitrogen and oxygen atoms in total. The van der Waals surface area contributed by atoms with Crippen LogP contribution in [0, 0.1) is 10.1 Å². The van der Waals surface area contributed by atoms with Crippen LogP contribution in [0.3, 0.4) is 0 Å². The Kier molecular flexibility index (Phi) is 4.49. The Morgan fingerprint density at radius 1 is 1.53 bits per heavy atom. The van der Waals surface area contributed by atoms with Crippen molar-refractivity contribution in [3.63, 3.8) is 0 Å². The molecule has 15 heavy (non-hydrogen) atoms. The number of anilines is 1. The van der Waals surface area contributed by atoms with Gasteiger partial charge in [-0.25, -0.2) is 4.98 Å². The fraction of sp³-hybridized carbons (Fsp3) is 0.444. The fourth-order valence-electron chi connectivity index (χ4n) is 1.08. The number of nitro groups is 1. The van der Waals surface area contributed by atoms with Gasteiger partial charge in [-0.1, -0.05) is 0 Å². The summed E-state index contributed by atoms with van der Waals surface area (Å²) in [4.78, 5) is 13.9. The third-order valence-electron chi connectivity index (χ3n) is 1.85. The number of aromatic nitrogens is 1. The molecule has 6 heteroatoms. The molecule has 0 radical (unpaired) electrons. The van der Waals surface area contributed by atoms with Gasteiger partial charge in [0, 0.05) is 25.4 Å². The lowest BCUT2D eigenvalue weighted by atomic mass is 10.3. The maximum atomic E-state index is 10.4. The van der Waals surface area contributed by atoms with Crippen molar-refractivity contribution in [1.82, 2.24) is 4.98 Å². The van der Waals surface area contributed by atoms with Crippen LogP contribution in [0.5, 0.6) is 0 Å². The Morgan fingerprint density at radius 3 is 3.00 bits per heavy atom. The summed E-state index contributed by atoms with van der Waals surface area (Å²) in [5.41, 5.74) is 0.0228. The highest BCUT2D eigenvalue weighted by Gasteiger charge is 2.05. The Balaban J connectivity index is 2.47. The highest BCUT2D eigenvalue weighted by Crippen LogP contribution is 2.13. The summed E-state index contributed by atoms with van der Waals surface area (Å²) < 4.78 is 0. The minimum atomic E-state index is -0.458. The molecule has 0 aliphatic heterocycles. The SMILES string of the molecule is O=[N+]([O-])c1ccnc(NCCCCO)c1. The molecule has 2 N–H and O–H groups in total. The van der Waals surface area contributed by atoms with Crippen LogP contribution in [0.4, 0.5) is 11.5 Å². The van der Waals surface area contributed by atoms with Crippen LogP contribution in [-0.2, 0) is 0 Å². The van der Waals surface area contributed by atoms with E-state index in [0.717, 1.165) is 6.42 Å². The Hall–Kier alpha value is -1.69. The molecule has 1 aromatic rings. The van der Waals surface area contributed by atoms with Crippen molar-refractivity contribution in [2.24, 2.45) is 0 Å².